The first-order valence-electron chi connectivity index (χ1n) is 6.14. The van der Waals surface area contributed by atoms with E-state index in [0.717, 1.165) is 45.4 Å². The molecule has 1 aromatic rings. The van der Waals surface area contributed by atoms with Crippen LogP contribution in [0.5, 0.6) is 0 Å². The van der Waals surface area contributed by atoms with Crippen molar-refractivity contribution in [2.75, 3.05) is 13.2 Å². The Kier molecular flexibility index (Phi) is 2.48. The Hall–Kier alpha value is -0.870. The second-order valence-corrected chi connectivity index (χ2v) is 4.62. The van der Waals surface area contributed by atoms with Crippen LogP contribution in [-0.2, 0) is 28.9 Å². The number of aryl methyl sites for hydroxylation is 1. The summed E-state index contributed by atoms with van der Waals surface area (Å²) in [6.07, 6.45) is 5.97. The number of aromatic nitrogens is 2. The fraction of sp³-hybridized carbons (Fsp3) is 0.750. The maximum Gasteiger partial charge on any atom is 0.172 e. The van der Waals surface area contributed by atoms with Crippen molar-refractivity contribution in [3.63, 3.8) is 0 Å². The Morgan fingerprint density at radius 1 is 1.44 bits per heavy atom. The molecule has 1 spiro atoms. The predicted octanol–water partition coefficient (Wildman–Crippen LogP) is 1.52. The lowest BCUT2D eigenvalue weighted by Gasteiger charge is -2.31. The minimum Gasteiger partial charge on any atom is -0.347 e. The van der Waals surface area contributed by atoms with Crippen LogP contribution in [0.3, 0.4) is 0 Å². The summed E-state index contributed by atoms with van der Waals surface area (Å²) in [6, 6.07) is 0. The van der Waals surface area contributed by atoms with Crippen LogP contribution >= 0.6 is 0 Å². The second-order valence-electron chi connectivity index (χ2n) is 4.62. The zero-order valence-corrected chi connectivity index (χ0v) is 9.74. The van der Waals surface area contributed by atoms with Gasteiger partial charge in [0.25, 0.3) is 0 Å². The van der Waals surface area contributed by atoms with Crippen molar-refractivity contribution in [1.29, 1.82) is 0 Å². The molecule has 4 heteroatoms. The molecule has 0 N–H and O–H groups in total. The lowest BCUT2D eigenvalue weighted by molar-refractivity contribution is -0.164. The molecule has 0 amide bonds. The first kappa shape index (κ1) is 10.3. The minimum atomic E-state index is -0.326. The first-order valence-corrected chi connectivity index (χ1v) is 6.14. The summed E-state index contributed by atoms with van der Waals surface area (Å²) >= 11 is 0. The van der Waals surface area contributed by atoms with Gasteiger partial charge in [-0.3, -0.25) is 4.68 Å². The Morgan fingerprint density at radius 2 is 2.25 bits per heavy atom. The van der Waals surface area contributed by atoms with E-state index in [1.807, 2.05) is 6.20 Å². The van der Waals surface area contributed by atoms with Crippen LogP contribution in [0.25, 0.3) is 0 Å². The second kappa shape index (κ2) is 3.86. The molecule has 0 unspecified atom stereocenters. The predicted molar refractivity (Wildman–Crippen MR) is 59.2 cm³/mol. The van der Waals surface area contributed by atoms with Gasteiger partial charge in [0.1, 0.15) is 0 Å². The van der Waals surface area contributed by atoms with Gasteiger partial charge in [0.2, 0.25) is 0 Å². The van der Waals surface area contributed by atoms with Gasteiger partial charge in [-0.25, -0.2) is 0 Å². The summed E-state index contributed by atoms with van der Waals surface area (Å²) in [4.78, 5) is 0. The third kappa shape index (κ3) is 1.57. The average molecular weight is 222 g/mol. The van der Waals surface area contributed by atoms with Crippen molar-refractivity contribution in [1.82, 2.24) is 9.78 Å². The van der Waals surface area contributed by atoms with E-state index >= 15 is 0 Å². The molecule has 1 aliphatic carbocycles. The summed E-state index contributed by atoms with van der Waals surface area (Å²) in [5.41, 5.74) is 2.69. The number of hydrogen-bond donors (Lipinski definition) is 0. The average Bonchev–Trinajstić information content (AvgIpc) is 2.88. The minimum absolute atomic E-state index is 0.326. The maximum atomic E-state index is 5.75. The molecule has 2 aliphatic rings. The van der Waals surface area contributed by atoms with Crippen molar-refractivity contribution in [3.8, 4) is 0 Å². The lowest BCUT2D eigenvalue weighted by Crippen LogP contribution is -2.37. The zero-order valence-electron chi connectivity index (χ0n) is 9.74. The largest absolute Gasteiger partial charge is 0.347 e. The highest BCUT2D eigenvalue weighted by Crippen LogP contribution is 2.35. The topological polar surface area (TPSA) is 36.3 Å². The van der Waals surface area contributed by atoms with Gasteiger partial charge in [0.15, 0.2) is 5.79 Å². The normalized spacial score (nSPS) is 22.6. The van der Waals surface area contributed by atoms with E-state index in [1.54, 1.807) is 0 Å². The van der Waals surface area contributed by atoms with Gasteiger partial charge >= 0.3 is 0 Å². The number of rotatable bonds is 2. The van der Waals surface area contributed by atoms with E-state index < -0.39 is 0 Å². The monoisotopic (exact) mass is 222 g/mol. The molecule has 1 fully saturated rings. The highest BCUT2D eigenvalue weighted by molar-refractivity contribution is 5.23. The van der Waals surface area contributed by atoms with E-state index in [0.29, 0.717) is 0 Å². The summed E-state index contributed by atoms with van der Waals surface area (Å²) in [5.74, 6) is -0.326. The maximum absolute atomic E-state index is 5.75. The van der Waals surface area contributed by atoms with Crippen LogP contribution in [0.1, 0.15) is 31.0 Å². The number of hydrogen-bond acceptors (Lipinski definition) is 3. The fourth-order valence-electron chi connectivity index (χ4n) is 2.72. The molecule has 0 bridgehead atoms. The van der Waals surface area contributed by atoms with Gasteiger partial charge in [-0.05, 0) is 18.4 Å². The van der Waals surface area contributed by atoms with Gasteiger partial charge in [0.05, 0.1) is 19.4 Å². The van der Waals surface area contributed by atoms with E-state index in [1.165, 1.54) is 11.3 Å². The molecule has 2 heterocycles. The van der Waals surface area contributed by atoms with Crippen molar-refractivity contribution < 1.29 is 9.47 Å². The Balaban J connectivity index is 1.84. The molecule has 0 saturated carbocycles. The molecule has 88 valence electrons. The SMILES string of the molecule is CCCn1ncc2c1CCC1(C2)OCCO1. The van der Waals surface area contributed by atoms with Gasteiger partial charge in [-0.2, -0.15) is 5.10 Å². The van der Waals surface area contributed by atoms with Crippen molar-refractivity contribution in [2.24, 2.45) is 0 Å². The van der Waals surface area contributed by atoms with E-state index in [-0.39, 0.29) is 5.79 Å². The van der Waals surface area contributed by atoms with Crippen LogP contribution in [0.2, 0.25) is 0 Å². The van der Waals surface area contributed by atoms with Gasteiger partial charge in [-0.15, -0.1) is 0 Å². The standard InChI is InChI=1S/C12H18N2O2/c1-2-5-14-11-3-4-12(15-6-7-16-12)8-10(11)9-13-14/h9H,2-8H2,1H3. The van der Waals surface area contributed by atoms with Crippen LogP contribution < -0.4 is 0 Å². The third-order valence-electron chi connectivity index (χ3n) is 3.49. The molecule has 0 radical (unpaired) electrons. The summed E-state index contributed by atoms with van der Waals surface area (Å²) < 4.78 is 13.6. The summed E-state index contributed by atoms with van der Waals surface area (Å²) in [5, 5.41) is 4.45. The molecule has 0 atom stereocenters. The molecule has 1 aromatic heterocycles. The van der Waals surface area contributed by atoms with Crippen LogP contribution in [0.4, 0.5) is 0 Å². The number of nitrogens with zero attached hydrogens (tertiary/aromatic N) is 2. The van der Waals surface area contributed by atoms with Gasteiger partial charge < -0.3 is 9.47 Å². The highest BCUT2D eigenvalue weighted by Gasteiger charge is 2.40. The van der Waals surface area contributed by atoms with Crippen molar-refractivity contribution >= 4 is 0 Å². The number of fused-ring (bicyclic) bond motifs is 1. The number of ether oxygens (including phenoxy) is 2. The summed E-state index contributed by atoms with van der Waals surface area (Å²) in [7, 11) is 0. The lowest BCUT2D eigenvalue weighted by atomic mass is 9.92. The van der Waals surface area contributed by atoms with Crippen LogP contribution in [0.15, 0.2) is 6.20 Å². The highest BCUT2D eigenvalue weighted by atomic mass is 16.7. The molecular weight excluding hydrogens is 204 g/mol. The zero-order chi connectivity index (χ0) is 11.0. The molecule has 16 heavy (non-hydrogen) atoms. The summed E-state index contributed by atoms with van der Waals surface area (Å²) in [6.45, 7) is 4.67. The Labute approximate surface area is 95.5 Å². The molecule has 3 rings (SSSR count). The first-order chi connectivity index (χ1) is 7.83. The smallest absolute Gasteiger partial charge is 0.172 e. The quantitative estimate of drug-likeness (QED) is 0.761. The molecule has 1 aliphatic heterocycles. The van der Waals surface area contributed by atoms with E-state index in [2.05, 4.69) is 16.7 Å². The van der Waals surface area contributed by atoms with E-state index in [9.17, 15) is 0 Å². The molecule has 4 nitrogen and oxygen atoms in total. The van der Waals surface area contributed by atoms with Crippen molar-refractivity contribution in [2.45, 2.75) is 44.9 Å². The Bertz CT molecular complexity index is 380. The Morgan fingerprint density at radius 3 is 3.00 bits per heavy atom. The van der Waals surface area contributed by atoms with Crippen LogP contribution in [-0.4, -0.2) is 28.8 Å². The molecular formula is C12H18N2O2. The fourth-order valence-corrected chi connectivity index (χ4v) is 2.72. The van der Waals surface area contributed by atoms with Crippen molar-refractivity contribution in [3.05, 3.63) is 17.5 Å². The van der Waals surface area contributed by atoms with E-state index in [4.69, 9.17) is 9.47 Å². The third-order valence-corrected chi connectivity index (χ3v) is 3.49. The molecule has 1 saturated heterocycles. The van der Waals surface area contributed by atoms with Gasteiger partial charge in [0, 0.05) is 25.1 Å². The molecule has 0 aromatic carbocycles. The van der Waals surface area contributed by atoms with Gasteiger partial charge in [-0.1, -0.05) is 6.92 Å². The van der Waals surface area contributed by atoms with Crippen LogP contribution in [0, 0.1) is 0 Å².